The molecule has 144 valence electrons. The van der Waals surface area contributed by atoms with E-state index in [0.29, 0.717) is 13.0 Å². The molecule has 3 aliphatic heterocycles. The summed E-state index contributed by atoms with van der Waals surface area (Å²) in [7, 11) is -1.98. The van der Waals surface area contributed by atoms with E-state index >= 15 is 0 Å². The third-order valence-corrected chi connectivity index (χ3v) is 11.0. The lowest BCUT2D eigenvalue weighted by Crippen LogP contribution is -2.48. The van der Waals surface area contributed by atoms with E-state index in [0.717, 1.165) is 12.8 Å². The maximum atomic E-state index is 12.6. The van der Waals surface area contributed by atoms with Crippen LogP contribution in [0.25, 0.3) is 0 Å². The van der Waals surface area contributed by atoms with Crippen molar-refractivity contribution in [1.82, 2.24) is 0 Å². The van der Waals surface area contributed by atoms with Crippen molar-refractivity contribution in [3.63, 3.8) is 0 Å². The van der Waals surface area contributed by atoms with Crippen molar-refractivity contribution in [3.8, 4) is 0 Å². The predicted molar refractivity (Wildman–Crippen MR) is 94.5 cm³/mol. The first kappa shape index (κ1) is 19.3. The monoisotopic (exact) mass is 372 g/mol. The van der Waals surface area contributed by atoms with E-state index < -0.39 is 19.5 Å². The molecule has 3 rings (SSSR count). The van der Waals surface area contributed by atoms with Gasteiger partial charge in [0.2, 0.25) is 0 Å². The van der Waals surface area contributed by atoms with Gasteiger partial charge in [-0.05, 0) is 31.5 Å². The second-order valence-electron chi connectivity index (χ2n) is 9.52. The number of hydrogen-bond donors (Lipinski definition) is 1. The molecule has 1 spiro atoms. The molecule has 6 nitrogen and oxygen atoms in total. The Morgan fingerprint density at radius 2 is 2.00 bits per heavy atom. The van der Waals surface area contributed by atoms with Gasteiger partial charge >= 0.3 is 5.97 Å². The minimum absolute atomic E-state index is 0.00795. The molecule has 0 amide bonds. The Hall–Kier alpha value is -0.473. The van der Waals surface area contributed by atoms with E-state index in [4.69, 9.17) is 18.6 Å². The molecule has 3 aliphatic rings. The second kappa shape index (κ2) is 6.02. The number of hydrogen-bond acceptors (Lipinski definition) is 6. The van der Waals surface area contributed by atoms with E-state index in [9.17, 15) is 9.90 Å². The molecule has 0 aromatic carbocycles. The van der Waals surface area contributed by atoms with Crippen LogP contribution < -0.4 is 0 Å². The molecular weight excluding hydrogens is 340 g/mol. The van der Waals surface area contributed by atoms with E-state index in [1.807, 2.05) is 6.92 Å². The van der Waals surface area contributed by atoms with Crippen LogP contribution in [0, 0.1) is 5.41 Å². The van der Waals surface area contributed by atoms with Gasteiger partial charge in [-0.1, -0.05) is 20.8 Å². The Bertz CT molecular complexity index is 544. The maximum Gasteiger partial charge on any atom is 0.317 e. The van der Waals surface area contributed by atoms with Gasteiger partial charge in [0.25, 0.3) is 0 Å². The fraction of sp³-hybridized carbons (Fsp3) is 0.944. The first-order chi connectivity index (χ1) is 11.4. The fourth-order valence-electron chi connectivity index (χ4n) is 3.66. The molecule has 25 heavy (non-hydrogen) atoms. The molecule has 0 unspecified atom stereocenters. The van der Waals surface area contributed by atoms with E-state index in [1.54, 1.807) is 0 Å². The van der Waals surface area contributed by atoms with Crippen molar-refractivity contribution in [1.29, 1.82) is 0 Å². The zero-order valence-corrected chi connectivity index (χ0v) is 17.3. The summed E-state index contributed by atoms with van der Waals surface area (Å²) in [5.41, 5.74) is -0.815. The van der Waals surface area contributed by atoms with Gasteiger partial charge in [0, 0.05) is 12.8 Å². The molecule has 7 heteroatoms. The summed E-state index contributed by atoms with van der Waals surface area (Å²) in [4.78, 5) is 12.6. The fourth-order valence-corrected chi connectivity index (χ4v) is 4.75. The van der Waals surface area contributed by atoms with Gasteiger partial charge in [0.15, 0.2) is 14.1 Å². The van der Waals surface area contributed by atoms with Crippen LogP contribution in [0.4, 0.5) is 0 Å². The Morgan fingerprint density at radius 1 is 1.32 bits per heavy atom. The highest BCUT2D eigenvalue weighted by atomic mass is 28.4. The maximum absolute atomic E-state index is 12.6. The average Bonchev–Trinajstić information content (AvgIpc) is 3.13. The Morgan fingerprint density at radius 3 is 2.56 bits per heavy atom. The van der Waals surface area contributed by atoms with Crippen LogP contribution in [0.15, 0.2) is 0 Å². The molecule has 0 radical (unpaired) electrons. The Balaban J connectivity index is 1.72. The first-order valence-electron chi connectivity index (χ1n) is 9.24. The summed E-state index contributed by atoms with van der Waals surface area (Å²) in [5.74, 6) is -0.963. The lowest BCUT2D eigenvalue weighted by molar-refractivity contribution is -0.234. The van der Waals surface area contributed by atoms with Crippen LogP contribution in [-0.2, 0) is 23.4 Å². The predicted octanol–water partition coefficient (Wildman–Crippen LogP) is 2.60. The molecule has 3 fully saturated rings. The molecule has 0 bridgehead atoms. The smallest absolute Gasteiger partial charge is 0.317 e. The lowest BCUT2D eigenvalue weighted by Gasteiger charge is -2.39. The van der Waals surface area contributed by atoms with Crippen LogP contribution in [0.2, 0.25) is 18.1 Å². The third-order valence-electron chi connectivity index (χ3n) is 6.52. The highest BCUT2D eigenvalue weighted by molar-refractivity contribution is 6.74. The number of aliphatic hydroxyl groups excluding tert-OH is 1. The quantitative estimate of drug-likeness (QED) is 0.604. The Kier molecular flexibility index (Phi) is 4.65. The summed E-state index contributed by atoms with van der Waals surface area (Å²) in [5, 5.41) is 9.40. The number of carbonyl (C=O) groups is 1. The standard InChI is InChI=1S/C18H32O6Si/c1-16(2,3)25(5,6)21-11-17(4)14-13(22-15(17)20)9-18(24-14)8-7-12(10-19)23-18/h12-14,19H,7-11H2,1-6H3/t12-,13+,14-,17+,18-/m1/s1. The summed E-state index contributed by atoms with van der Waals surface area (Å²) in [6.45, 7) is 13.1. The average molecular weight is 373 g/mol. The minimum atomic E-state index is -1.98. The molecule has 3 saturated heterocycles. The SMILES string of the molecule is CC(C)(C)[Si](C)(C)OC[C@]1(C)C(=O)O[C@H]2C[C@@]3(CC[C@H](CO)O3)O[C@H]21. The number of carbonyl (C=O) groups excluding carboxylic acids is 1. The summed E-state index contributed by atoms with van der Waals surface area (Å²) < 4.78 is 24.2. The van der Waals surface area contributed by atoms with Crippen LogP contribution >= 0.6 is 0 Å². The van der Waals surface area contributed by atoms with Gasteiger partial charge in [-0.3, -0.25) is 4.79 Å². The normalized spacial score (nSPS) is 41.4. The second-order valence-corrected chi connectivity index (χ2v) is 14.3. The summed E-state index contributed by atoms with van der Waals surface area (Å²) >= 11 is 0. The van der Waals surface area contributed by atoms with Gasteiger partial charge in [-0.25, -0.2) is 0 Å². The largest absolute Gasteiger partial charge is 0.459 e. The Labute approximate surface area is 151 Å². The highest BCUT2D eigenvalue weighted by Gasteiger charge is 2.65. The molecule has 0 aliphatic carbocycles. The van der Waals surface area contributed by atoms with Crippen molar-refractivity contribution < 1.29 is 28.5 Å². The number of ether oxygens (including phenoxy) is 3. The van der Waals surface area contributed by atoms with Crippen molar-refractivity contribution >= 4 is 14.3 Å². The highest BCUT2D eigenvalue weighted by Crippen LogP contribution is 2.52. The number of esters is 1. The summed E-state index contributed by atoms with van der Waals surface area (Å²) in [6, 6.07) is 0. The zero-order chi connectivity index (χ0) is 18.7. The van der Waals surface area contributed by atoms with Crippen molar-refractivity contribution in [2.75, 3.05) is 13.2 Å². The molecule has 1 N–H and O–H groups in total. The van der Waals surface area contributed by atoms with Crippen molar-refractivity contribution in [2.45, 2.75) is 89.2 Å². The van der Waals surface area contributed by atoms with E-state index in [2.05, 4.69) is 33.9 Å². The topological polar surface area (TPSA) is 74.2 Å². The zero-order valence-electron chi connectivity index (χ0n) is 16.3. The molecular formula is C18H32O6Si. The lowest BCUT2D eigenvalue weighted by atomic mass is 9.85. The molecule has 0 aromatic heterocycles. The van der Waals surface area contributed by atoms with Crippen LogP contribution in [-0.4, -0.2) is 56.7 Å². The van der Waals surface area contributed by atoms with Gasteiger partial charge in [-0.15, -0.1) is 0 Å². The van der Waals surface area contributed by atoms with Gasteiger partial charge in [0.1, 0.15) is 17.6 Å². The number of rotatable bonds is 4. The molecule has 3 heterocycles. The van der Waals surface area contributed by atoms with Crippen LogP contribution in [0.1, 0.15) is 47.0 Å². The van der Waals surface area contributed by atoms with Crippen molar-refractivity contribution in [3.05, 3.63) is 0 Å². The van der Waals surface area contributed by atoms with Gasteiger partial charge in [0.05, 0.1) is 19.3 Å². The van der Waals surface area contributed by atoms with E-state index in [-0.39, 0.29) is 35.9 Å². The van der Waals surface area contributed by atoms with Gasteiger partial charge < -0.3 is 23.7 Å². The summed E-state index contributed by atoms with van der Waals surface area (Å²) in [6.07, 6.45) is 1.18. The number of aliphatic hydroxyl groups is 1. The first-order valence-corrected chi connectivity index (χ1v) is 12.1. The van der Waals surface area contributed by atoms with Crippen LogP contribution in [0.3, 0.4) is 0 Å². The minimum Gasteiger partial charge on any atom is -0.459 e. The molecule has 0 saturated carbocycles. The third kappa shape index (κ3) is 3.18. The molecule has 5 atom stereocenters. The number of fused-ring (bicyclic) bond motifs is 1. The van der Waals surface area contributed by atoms with Crippen molar-refractivity contribution in [2.24, 2.45) is 5.41 Å². The van der Waals surface area contributed by atoms with E-state index in [1.165, 1.54) is 0 Å². The molecule has 0 aromatic rings. The van der Waals surface area contributed by atoms with Gasteiger partial charge in [-0.2, -0.15) is 0 Å². The van der Waals surface area contributed by atoms with Crippen LogP contribution in [0.5, 0.6) is 0 Å².